The molecule has 1 unspecified atom stereocenters. The number of rotatable bonds is 2. The highest BCUT2D eigenvalue weighted by Gasteiger charge is 2.23. The van der Waals surface area contributed by atoms with Gasteiger partial charge in [-0.1, -0.05) is 18.2 Å². The van der Waals surface area contributed by atoms with Gasteiger partial charge in [0.05, 0.1) is 5.52 Å². The fourth-order valence-electron chi connectivity index (χ4n) is 2.58. The molecule has 18 heavy (non-hydrogen) atoms. The summed E-state index contributed by atoms with van der Waals surface area (Å²) >= 11 is 0. The summed E-state index contributed by atoms with van der Waals surface area (Å²) in [5.74, 6) is -0.902. The number of carbonyl (C=O) groups is 1. The Labute approximate surface area is 105 Å². The highest BCUT2D eigenvalue weighted by Crippen LogP contribution is 2.30. The Morgan fingerprint density at radius 1 is 1.33 bits per heavy atom. The van der Waals surface area contributed by atoms with Gasteiger partial charge in [-0.25, -0.2) is 4.79 Å². The molecule has 1 atom stereocenters. The molecule has 4 heteroatoms. The summed E-state index contributed by atoms with van der Waals surface area (Å²) in [6.07, 6.45) is 2.86. The van der Waals surface area contributed by atoms with E-state index in [-0.39, 0.29) is 6.23 Å². The Bertz CT molecular complexity index is 582. The lowest BCUT2D eigenvalue weighted by atomic mass is 10.2. The van der Waals surface area contributed by atoms with Crippen molar-refractivity contribution in [2.24, 2.45) is 0 Å². The van der Waals surface area contributed by atoms with E-state index in [2.05, 4.69) is 0 Å². The molecule has 1 fully saturated rings. The lowest BCUT2D eigenvalue weighted by Gasteiger charge is -2.26. The Hall–Kier alpha value is -1.81. The first kappa shape index (κ1) is 11.3. The summed E-state index contributed by atoms with van der Waals surface area (Å²) in [6.45, 7) is 0.705. The van der Waals surface area contributed by atoms with Gasteiger partial charge in [-0.2, -0.15) is 0 Å². The average molecular weight is 245 g/mol. The van der Waals surface area contributed by atoms with Crippen molar-refractivity contribution in [2.75, 3.05) is 6.61 Å². The first-order valence-electron chi connectivity index (χ1n) is 6.22. The molecule has 0 saturated carbocycles. The van der Waals surface area contributed by atoms with Crippen molar-refractivity contribution in [3.8, 4) is 0 Å². The maximum atomic E-state index is 11.4. The number of para-hydroxylation sites is 1. The molecule has 0 bridgehead atoms. The van der Waals surface area contributed by atoms with Gasteiger partial charge in [0.15, 0.2) is 0 Å². The van der Waals surface area contributed by atoms with Gasteiger partial charge in [-0.3, -0.25) is 0 Å². The predicted molar refractivity (Wildman–Crippen MR) is 67.7 cm³/mol. The van der Waals surface area contributed by atoms with E-state index >= 15 is 0 Å². The maximum absolute atomic E-state index is 11.4. The van der Waals surface area contributed by atoms with Crippen molar-refractivity contribution in [1.29, 1.82) is 0 Å². The van der Waals surface area contributed by atoms with Gasteiger partial charge >= 0.3 is 5.97 Å². The van der Waals surface area contributed by atoms with Crippen LogP contribution in [-0.4, -0.2) is 22.2 Å². The van der Waals surface area contributed by atoms with Crippen LogP contribution in [0.3, 0.4) is 0 Å². The number of benzene rings is 1. The van der Waals surface area contributed by atoms with E-state index in [0.29, 0.717) is 12.3 Å². The van der Waals surface area contributed by atoms with Crippen LogP contribution in [0.1, 0.15) is 36.0 Å². The largest absolute Gasteiger partial charge is 0.477 e. The number of hydrogen-bond donors (Lipinski definition) is 1. The first-order chi connectivity index (χ1) is 8.77. The topological polar surface area (TPSA) is 51.5 Å². The van der Waals surface area contributed by atoms with Crippen LogP contribution in [0.5, 0.6) is 0 Å². The minimum absolute atomic E-state index is 0.148. The summed E-state index contributed by atoms with van der Waals surface area (Å²) in [4.78, 5) is 11.4. The Morgan fingerprint density at radius 2 is 2.17 bits per heavy atom. The number of carboxylic acids is 1. The molecule has 3 rings (SSSR count). The van der Waals surface area contributed by atoms with Gasteiger partial charge < -0.3 is 14.4 Å². The summed E-state index contributed by atoms with van der Waals surface area (Å²) in [5.41, 5.74) is 1.24. The van der Waals surface area contributed by atoms with Crippen molar-refractivity contribution in [1.82, 2.24) is 4.57 Å². The molecule has 2 heterocycles. The van der Waals surface area contributed by atoms with Crippen LogP contribution in [0.2, 0.25) is 0 Å². The van der Waals surface area contributed by atoms with Gasteiger partial charge in [0.1, 0.15) is 11.9 Å². The quantitative estimate of drug-likeness (QED) is 0.884. The normalized spacial score (nSPS) is 20.1. The molecule has 1 N–H and O–H groups in total. The third kappa shape index (κ3) is 1.78. The van der Waals surface area contributed by atoms with E-state index in [1.165, 1.54) is 0 Å². The van der Waals surface area contributed by atoms with Gasteiger partial charge in [0.2, 0.25) is 0 Å². The molecule has 1 saturated heterocycles. The van der Waals surface area contributed by atoms with E-state index in [1.807, 2.05) is 28.8 Å². The second-order valence-electron chi connectivity index (χ2n) is 4.58. The SMILES string of the molecule is O=C(O)c1cc2ccccc2n1C1CCCCO1. The lowest BCUT2D eigenvalue weighted by molar-refractivity contribution is -0.0309. The molecule has 0 aliphatic carbocycles. The number of hydrogen-bond acceptors (Lipinski definition) is 2. The van der Waals surface area contributed by atoms with Crippen molar-refractivity contribution >= 4 is 16.9 Å². The molecule has 1 aromatic heterocycles. The summed E-state index contributed by atoms with van der Waals surface area (Å²) in [7, 11) is 0. The third-order valence-corrected chi connectivity index (χ3v) is 3.41. The van der Waals surface area contributed by atoms with Crippen LogP contribution in [0.15, 0.2) is 30.3 Å². The minimum atomic E-state index is -0.902. The van der Waals surface area contributed by atoms with E-state index in [9.17, 15) is 9.90 Å². The molecule has 0 spiro atoms. The van der Waals surface area contributed by atoms with Crippen LogP contribution in [0, 0.1) is 0 Å². The van der Waals surface area contributed by atoms with Crippen LogP contribution in [-0.2, 0) is 4.74 Å². The highest BCUT2D eigenvalue weighted by atomic mass is 16.5. The molecule has 2 aromatic rings. The second kappa shape index (κ2) is 4.46. The maximum Gasteiger partial charge on any atom is 0.352 e. The molecule has 1 aliphatic rings. The van der Waals surface area contributed by atoms with Gasteiger partial charge in [-0.05, 0) is 31.4 Å². The summed E-state index contributed by atoms with van der Waals surface area (Å²) < 4.78 is 7.54. The van der Waals surface area contributed by atoms with Gasteiger partial charge in [-0.15, -0.1) is 0 Å². The number of nitrogens with zero attached hydrogens (tertiary/aromatic N) is 1. The summed E-state index contributed by atoms with van der Waals surface area (Å²) in [6, 6.07) is 9.43. The minimum Gasteiger partial charge on any atom is -0.477 e. The number of aromatic nitrogens is 1. The Balaban J connectivity index is 2.17. The Morgan fingerprint density at radius 3 is 2.89 bits per heavy atom. The van der Waals surface area contributed by atoms with Crippen LogP contribution in [0.25, 0.3) is 10.9 Å². The first-order valence-corrected chi connectivity index (χ1v) is 6.22. The zero-order valence-corrected chi connectivity index (χ0v) is 10.0. The van der Waals surface area contributed by atoms with E-state index in [1.54, 1.807) is 6.07 Å². The molecule has 0 radical (unpaired) electrons. The monoisotopic (exact) mass is 245 g/mol. The second-order valence-corrected chi connectivity index (χ2v) is 4.58. The van der Waals surface area contributed by atoms with E-state index < -0.39 is 5.97 Å². The molecule has 0 amide bonds. The van der Waals surface area contributed by atoms with Gasteiger partial charge in [0, 0.05) is 12.0 Å². The molecule has 4 nitrogen and oxygen atoms in total. The average Bonchev–Trinajstić information content (AvgIpc) is 2.79. The third-order valence-electron chi connectivity index (χ3n) is 3.41. The van der Waals surface area contributed by atoms with Crippen LogP contribution >= 0.6 is 0 Å². The van der Waals surface area contributed by atoms with Crippen LogP contribution < -0.4 is 0 Å². The summed E-state index contributed by atoms with van der Waals surface area (Å²) in [5, 5.41) is 10.3. The molecular weight excluding hydrogens is 230 g/mol. The zero-order valence-electron chi connectivity index (χ0n) is 10.0. The molecule has 1 aliphatic heterocycles. The predicted octanol–water partition coefficient (Wildman–Crippen LogP) is 3.04. The molecular formula is C14H15NO3. The van der Waals surface area contributed by atoms with Gasteiger partial charge in [0.25, 0.3) is 0 Å². The van der Waals surface area contributed by atoms with E-state index in [0.717, 1.165) is 30.2 Å². The highest BCUT2D eigenvalue weighted by molar-refractivity contribution is 5.94. The standard InChI is InChI=1S/C14H15NO3/c16-14(17)12-9-10-5-1-2-6-11(10)15(12)13-7-3-4-8-18-13/h1-2,5-6,9,13H,3-4,7-8H2,(H,16,17). The van der Waals surface area contributed by atoms with E-state index in [4.69, 9.17) is 4.74 Å². The smallest absolute Gasteiger partial charge is 0.352 e. The van der Waals surface area contributed by atoms with Crippen molar-refractivity contribution in [3.63, 3.8) is 0 Å². The number of ether oxygens (including phenoxy) is 1. The van der Waals surface area contributed by atoms with Crippen molar-refractivity contribution in [2.45, 2.75) is 25.5 Å². The lowest BCUT2D eigenvalue weighted by Crippen LogP contribution is -2.21. The van der Waals surface area contributed by atoms with Crippen LogP contribution in [0.4, 0.5) is 0 Å². The molecule has 94 valence electrons. The van der Waals surface area contributed by atoms with Crippen molar-refractivity contribution < 1.29 is 14.6 Å². The number of carboxylic acid groups (broad SMARTS) is 1. The fraction of sp³-hybridized carbons (Fsp3) is 0.357. The molecule has 1 aromatic carbocycles. The number of fused-ring (bicyclic) bond motifs is 1. The number of aromatic carboxylic acids is 1. The zero-order chi connectivity index (χ0) is 12.5. The Kier molecular flexibility index (Phi) is 2.80. The van der Waals surface area contributed by atoms with Crippen molar-refractivity contribution in [3.05, 3.63) is 36.0 Å². The fourth-order valence-corrected chi connectivity index (χ4v) is 2.58.